The number of ketones is 1. The lowest BCUT2D eigenvalue weighted by atomic mass is 9.35. The molecule has 7 fully saturated rings. The highest BCUT2D eigenvalue weighted by Gasteiger charge is 2.90. The fourth-order valence-corrected chi connectivity index (χ4v) is 9.26. The molecule has 0 aromatic carbocycles. The van der Waals surface area contributed by atoms with Crippen LogP contribution in [0.3, 0.4) is 0 Å². The first kappa shape index (κ1) is 24.0. The minimum absolute atomic E-state index is 0.0989. The highest BCUT2D eigenvalue weighted by atomic mass is 16.8. The number of aliphatic hydroxyl groups is 3. The molecule has 4 saturated carbocycles. The Balaban J connectivity index is 1.44. The van der Waals surface area contributed by atoms with Gasteiger partial charge in [0.2, 0.25) is 11.7 Å². The minimum atomic E-state index is -2.29. The van der Waals surface area contributed by atoms with Crippen molar-refractivity contribution in [2.24, 2.45) is 34.0 Å². The Labute approximate surface area is 205 Å². The molecule has 0 aromatic heterocycles. The molecule has 2 spiro atoms. The van der Waals surface area contributed by atoms with Crippen LogP contribution in [0.5, 0.6) is 0 Å². The average Bonchev–Trinajstić information content (AvgIpc) is 2.89. The summed E-state index contributed by atoms with van der Waals surface area (Å²) in [4.78, 5) is 25.0. The zero-order chi connectivity index (χ0) is 25.1. The van der Waals surface area contributed by atoms with E-state index >= 15 is 0 Å². The molecule has 4 bridgehead atoms. The summed E-state index contributed by atoms with van der Waals surface area (Å²) in [7, 11) is 0. The SMILES string of the molecule is C=C1C(=O)C23C(O)C1CCC2C12C4CCC(C)(C)C1C(O)C3(O)OC2OC(CCCNC(C)=O)O4. The molecule has 3 heterocycles. The summed E-state index contributed by atoms with van der Waals surface area (Å²) < 4.78 is 19.2. The molecule has 7 rings (SSSR count). The van der Waals surface area contributed by atoms with Gasteiger partial charge in [-0.3, -0.25) is 9.59 Å². The number of aliphatic hydroxyl groups excluding tert-OH is 2. The van der Waals surface area contributed by atoms with Gasteiger partial charge < -0.3 is 34.8 Å². The molecule has 4 aliphatic carbocycles. The Morgan fingerprint density at radius 3 is 2.63 bits per heavy atom. The first-order valence-corrected chi connectivity index (χ1v) is 13.0. The molecule has 4 N–H and O–H groups in total. The Bertz CT molecular complexity index is 982. The fraction of sp³-hybridized carbons (Fsp3) is 0.846. The topological polar surface area (TPSA) is 135 Å². The molecule has 9 nitrogen and oxygen atoms in total. The van der Waals surface area contributed by atoms with Gasteiger partial charge in [-0.1, -0.05) is 20.4 Å². The molecule has 0 aromatic rings. The standard InChI is InChI=1S/C26H37NO8/c1-12-14-7-8-15-24-16-9-10-23(3,4)18(24)21(31)26(32,25(15,19(12)29)20(14)30)35-22(24)34-17(33-16)6-5-11-27-13(2)28/h14-18,20-22,30-32H,1,5-11H2,2-4H3,(H,27,28). The maximum atomic E-state index is 13.8. The van der Waals surface area contributed by atoms with Crippen molar-refractivity contribution in [3.05, 3.63) is 12.2 Å². The van der Waals surface area contributed by atoms with E-state index in [1.54, 1.807) is 0 Å². The minimum Gasteiger partial charge on any atom is -0.391 e. The number of Topliss-reactive ketones (excluding diaryl/α,β-unsaturated/α-hetero) is 1. The van der Waals surface area contributed by atoms with Gasteiger partial charge in [-0.15, -0.1) is 0 Å². The molecule has 35 heavy (non-hydrogen) atoms. The number of amides is 1. The third kappa shape index (κ3) is 2.60. The van der Waals surface area contributed by atoms with E-state index in [0.29, 0.717) is 44.2 Å². The number of hydrogen-bond acceptors (Lipinski definition) is 8. The second-order valence-corrected chi connectivity index (χ2v) is 12.3. The third-order valence-electron chi connectivity index (χ3n) is 10.5. The average molecular weight is 492 g/mol. The van der Waals surface area contributed by atoms with Crippen molar-refractivity contribution in [3.8, 4) is 0 Å². The van der Waals surface area contributed by atoms with E-state index in [1.807, 2.05) is 0 Å². The molecule has 11 unspecified atom stereocenters. The summed E-state index contributed by atoms with van der Waals surface area (Å²) >= 11 is 0. The lowest BCUT2D eigenvalue weighted by Crippen LogP contribution is -2.89. The lowest BCUT2D eigenvalue weighted by Gasteiger charge is -2.77. The van der Waals surface area contributed by atoms with Crippen molar-refractivity contribution in [1.82, 2.24) is 5.32 Å². The van der Waals surface area contributed by atoms with Gasteiger partial charge in [-0.05, 0) is 49.0 Å². The van der Waals surface area contributed by atoms with E-state index < -0.39 is 64.9 Å². The number of fused-ring (bicyclic) bond motifs is 1. The van der Waals surface area contributed by atoms with Crippen LogP contribution in [0, 0.1) is 34.0 Å². The molecule has 3 aliphatic heterocycles. The van der Waals surface area contributed by atoms with Gasteiger partial charge in [0.1, 0.15) is 11.5 Å². The number of rotatable bonds is 4. The molecule has 11 atom stereocenters. The van der Waals surface area contributed by atoms with Crippen LogP contribution in [0.1, 0.15) is 59.3 Å². The Hall–Kier alpha value is -1.36. The zero-order valence-electron chi connectivity index (χ0n) is 20.7. The van der Waals surface area contributed by atoms with E-state index in [0.717, 1.165) is 6.42 Å². The van der Waals surface area contributed by atoms with E-state index in [4.69, 9.17) is 14.2 Å². The summed E-state index contributed by atoms with van der Waals surface area (Å²) in [5.74, 6) is -4.16. The van der Waals surface area contributed by atoms with E-state index in [-0.39, 0.29) is 17.4 Å². The highest BCUT2D eigenvalue weighted by Crippen LogP contribution is 2.79. The third-order valence-corrected chi connectivity index (χ3v) is 10.5. The predicted molar refractivity (Wildman–Crippen MR) is 121 cm³/mol. The Morgan fingerprint density at radius 2 is 1.91 bits per heavy atom. The lowest BCUT2D eigenvalue weighted by molar-refractivity contribution is -0.544. The number of nitrogens with one attached hydrogen (secondary N) is 1. The second kappa shape index (κ2) is 7.36. The van der Waals surface area contributed by atoms with Crippen LogP contribution in [0.25, 0.3) is 0 Å². The number of hydrogen-bond donors (Lipinski definition) is 4. The fourth-order valence-electron chi connectivity index (χ4n) is 9.26. The summed E-state index contributed by atoms with van der Waals surface area (Å²) in [6.45, 7) is 10.1. The van der Waals surface area contributed by atoms with Crippen molar-refractivity contribution in [2.45, 2.75) is 96.0 Å². The predicted octanol–water partition coefficient (Wildman–Crippen LogP) is 0.999. The van der Waals surface area contributed by atoms with Gasteiger partial charge in [0, 0.05) is 31.7 Å². The van der Waals surface area contributed by atoms with Crippen LogP contribution < -0.4 is 5.32 Å². The molecule has 194 valence electrons. The summed E-state index contributed by atoms with van der Waals surface area (Å²) in [6.07, 6.45) is -0.611. The van der Waals surface area contributed by atoms with E-state index in [2.05, 4.69) is 25.7 Å². The number of carbonyl (C=O) groups excluding carboxylic acids is 2. The molecular weight excluding hydrogens is 454 g/mol. The van der Waals surface area contributed by atoms with Gasteiger partial charge >= 0.3 is 0 Å². The Morgan fingerprint density at radius 1 is 1.17 bits per heavy atom. The van der Waals surface area contributed by atoms with Crippen LogP contribution in [-0.2, 0) is 23.8 Å². The molecule has 0 radical (unpaired) electrons. The maximum absolute atomic E-state index is 13.8. The van der Waals surface area contributed by atoms with Crippen molar-refractivity contribution >= 4 is 11.7 Å². The number of carbonyl (C=O) groups is 2. The molecular formula is C26H37NO8. The van der Waals surface area contributed by atoms with Gasteiger partial charge in [0.15, 0.2) is 18.4 Å². The first-order chi connectivity index (χ1) is 16.4. The first-order valence-electron chi connectivity index (χ1n) is 13.0. The van der Waals surface area contributed by atoms with Crippen LogP contribution in [0.15, 0.2) is 12.2 Å². The molecule has 7 aliphatic rings. The summed E-state index contributed by atoms with van der Waals surface area (Å²) in [5.41, 5.74) is -2.65. The van der Waals surface area contributed by atoms with Crippen LogP contribution >= 0.6 is 0 Å². The largest absolute Gasteiger partial charge is 0.391 e. The van der Waals surface area contributed by atoms with E-state index in [1.165, 1.54) is 6.92 Å². The Kier molecular flexibility index (Phi) is 5.05. The molecule has 1 amide bonds. The summed E-state index contributed by atoms with van der Waals surface area (Å²) in [5, 5.41) is 38.3. The van der Waals surface area contributed by atoms with Crippen molar-refractivity contribution in [3.63, 3.8) is 0 Å². The molecule has 3 saturated heterocycles. The smallest absolute Gasteiger partial charge is 0.216 e. The van der Waals surface area contributed by atoms with Gasteiger partial charge in [-0.2, -0.15) is 0 Å². The zero-order valence-corrected chi connectivity index (χ0v) is 20.7. The summed E-state index contributed by atoms with van der Waals surface area (Å²) in [6, 6.07) is 0. The monoisotopic (exact) mass is 491 g/mol. The van der Waals surface area contributed by atoms with Crippen molar-refractivity contribution < 1.29 is 39.1 Å². The van der Waals surface area contributed by atoms with Crippen LogP contribution in [0.2, 0.25) is 0 Å². The van der Waals surface area contributed by atoms with Gasteiger partial charge in [0.05, 0.1) is 17.6 Å². The van der Waals surface area contributed by atoms with Gasteiger partial charge in [0.25, 0.3) is 0 Å². The highest BCUT2D eigenvalue weighted by molar-refractivity contribution is 6.05. The van der Waals surface area contributed by atoms with Crippen LogP contribution in [-0.4, -0.2) is 70.2 Å². The number of ether oxygens (including phenoxy) is 3. The normalized spacial score (nSPS) is 53.2. The van der Waals surface area contributed by atoms with Crippen LogP contribution in [0.4, 0.5) is 0 Å². The van der Waals surface area contributed by atoms with Gasteiger partial charge in [-0.25, -0.2) is 0 Å². The maximum Gasteiger partial charge on any atom is 0.216 e. The quantitative estimate of drug-likeness (QED) is 0.338. The second-order valence-electron chi connectivity index (χ2n) is 12.3. The van der Waals surface area contributed by atoms with E-state index in [9.17, 15) is 24.9 Å². The van der Waals surface area contributed by atoms with Crippen molar-refractivity contribution in [1.29, 1.82) is 0 Å². The molecule has 9 heteroatoms. The van der Waals surface area contributed by atoms with Crippen molar-refractivity contribution in [2.75, 3.05) is 6.54 Å².